The van der Waals surface area contributed by atoms with Crippen LogP contribution in [0.15, 0.2) is 18.3 Å². The summed E-state index contributed by atoms with van der Waals surface area (Å²) in [5, 5.41) is 3.08. The van der Waals surface area contributed by atoms with Gasteiger partial charge in [0.1, 0.15) is 5.82 Å². The second-order valence-electron chi connectivity index (χ2n) is 5.13. The van der Waals surface area contributed by atoms with Crippen LogP contribution in [0.2, 0.25) is 0 Å². The quantitative estimate of drug-likeness (QED) is 0.863. The Hall–Kier alpha value is -1.09. The standard InChI is InChI=1S/C15H25N3/c1-3-4-10-18-11-6-5-7-14(18)13-8-9-15(16-2)17-12-13/h8-9,12,14H,3-7,10-11H2,1-2H3,(H,16,17)/t14-/m0/s1. The third kappa shape index (κ3) is 3.22. The van der Waals surface area contributed by atoms with Crippen LogP contribution in [0.1, 0.15) is 50.6 Å². The minimum Gasteiger partial charge on any atom is -0.373 e. The number of hydrogen-bond acceptors (Lipinski definition) is 3. The number of anilines is 1. The Kier molecular flexibility index (Phi) is 5.00. The summed E-state index contributed by atoms with van der Waals surface area (Å²) in [6.45, 7) is 4.75. The average Bonchev–Trinajstić information content (AvgIpc) is 2.45. The second kappa shape index (κ2) is 6.74. The van der Waals surface area contributed by atoms with Crippen LogP contribution >= 0.6 is 0 Å². The van der Waals surface area contributed by atoms with E-state index in [1.165, 1.54) is 50.8 Å². The summed E-state index contributed by atoms with van der Waals surface area (Å²) in [6, 6.07) is 4.90. The van der Waals surface area contributed by atoms with Gasteiger partial charge in [-0.25, -0.2) is 4.98 Å². The van der Waals surface area contributed by atoms with Crippen molar-refractivity contribution in [3.63, 3.8) is 0 Å². The van der Waals surface area contributed by atoms with Gasteiger partial charge in [-0.1, -0.05) is 25.8 Å². The molecular weight excluding hydrogens is 222 g/mol. The summed E-state index contributed by atoms with van der Waals surface area (Å²) in [4.78, 5) is 7.09. The van der Waals surface area contributed by atoms with Crippen LogP contribution in [0.5, 0.6) is 0 Å². The Labute approximate surface area is 111 Å². The van der Waals surface area contributed by atoms with E-state index in [9.17, 15) is 0 Å². The van der Waals surface area contributed by atoms with Crippen LogP contribution in [0.25, 0.3) is 0 Å². The van der Waals surface area contributed by atoms with Crippen LogP contribution in [0, 0.1) is 0 Å². The number of nitrogens with zero attached hydrogens (tertiary/aromatic N) is 2. The molecule has 18 heavy (non-hydrogen) atoms. The minimum absolute atomic E-state index is 0.587. The second-order valence-corrected chi connectivity index (χ2v) is 5.13. The molecule has 3 nitrogen and oxygen atoms in total. The number of likely N-dealkylation sites (tertiary alicyclic amines) is 1. The zero-order valence-electron chi connectivity index (χ0n) is 11.7. The van der Waals surface area contributed by atoms with Gasteiger partial charge in [0.2, 0.25) is 0 Å². The fraction of sp³-hybridized carbons (Fsp3) is 0.667. The predicted molar refractivity (Wildman–Crippen MR) is 76.9 cm³/mol. The van der Waals surface area contributed by atoms with E-state index in [4.69, 9.17) is 0 Å². The molecule has 0 aliphatic carbocycles. The first-order chi connectivity index (χ1) is 8.85. The Bertz CT molecular complexity index is 347. The number of unbranched alkanes of at least 4 members (excludes halogenated alkanes) is 1. The minimum atomic E-state index is 0.587. The molecule has 0 aromatic carbocycles. The predicted octanol–water partition coefficient (Wildman–Crippen LogP) is 3.45. The Morgan fingerprint density at radius 3 is 2.94 bits per heavy atom. The zero-order valence-corrected chi connectivity index (χ0v) is 11.7. The molecule has 3 heteroatoms. The molecule has 0 spiro atoms. The molecule has 1 aromatic heterocycles. The molecule has 1 aliphatic heterocycles. The van der Waals surface area contributed by atoms with Gasteiger partial charge >= 0.3 is 0 Å². The van der Waals surface area contributed by atoms with Crippen molar-refractivity contribution < 1.29 is 0 Å². The van der Waals surface area contributed by atoms with Crippen molar-refractivity contribution in [2.75, 3.05) is 25.5 Å². The largest absolute Gasteiger partial charge is 0.373 e. The van der Waals surface area contributed by atoms with E-state index in [0.717, 1.165) is 5.82 Å². The van der Waals surface area contributed by atoms with Gasteiger partial charge in [0.15, 0.2) is 0 Å². The summed E-state index contributed by atoms with van der Waals surface area (Å²) in [7, 11) is 1.91. The number of piperidine rings is 1. The molecule has 1 saturated heterocycles. The van der Waals surface area contributed by atoms with Crippen molar-refractivity contribution in [2.45, 2.75) is 45.1 Å². The Balaban J connectivity index is 2.06. The van der Waals surface area contributed by atoms with E-state index in [1.807, 2.05) is 13.2 Å². The summed E-state index contributed by atoms with van der Waals surface area (Å²) in [5.41, 5.74) is 1.38. The van der Waals surface area contributed by atoms with Crippen molar-refractivity contribution in [1.82, 2.24) is 9.88 Å². The van der Waals surface area contributed by atoms with E-state index in [0.29, 0.717) is 6.04 Å². The number of aromatic nitrogens is 1. The van der Waals surface area contributed by atoms with Crippen LogP contribution in [0.4, 0.5) is 5.82 Å². The maximum Gasteiger partial charge on any atom is 0.125 e. The fourth-order valence-corrected chi connectivity index (χ4v) is 2.75. The first-order valence-corrected chi connectivity index (χ1v) is 7.23. The van der Waals surface area contributed by atoms with Crippen LogP contribution in [0.3, 0.4) is 0 Å². The molecule has 1 fully saturated rings. The van der Waals surface area contributed by atoms with Gasteiger partial charge in [0.05, 0.1) is 0 Å². The molecule has 1 atom stereocenters. The number of rotatable bonds is 5. The highest BCUT2D eigenvalue weighted by molar-refractivity contribution is 5.35. The van der Waals surface area contributed by atoms with Crippen molar-refractivity contribution in [1.29, 1.82) is 0 Å². The van der Waals surface area contributed by atoms with Gasteiger partial charge < -0.3 is 5.32 Å². The first-order valence-electron chi connectivity index (χ1n) is 7.23. The smallest absolute Gasteiger partial charge is 0.125 e. The summed E-state index contributed by atoms with van der Waals surface area (Å²) in [5.74, 6) is 0.953. The zero-order chi connectivity index (χ0) is 12.8. The molecule has 0 unspecified atom stereocenters. The van der Waals surface area contributed by atoms with E-state index in [2.05, 4.69) is 34.3 Å². The van der Waals surface area contributed by atoms with E-state index < -0.39 is 0 Å². The van der Waals surface area contributed by atoms with Crippen LogP contribution < -0.4 is 5.32 Å². The first kappa shape index (κ1) is 13.3. The molecule has 1 aliphatic rings. The molecule has 2 heterocycles. The molecule has 0 saturated carbocycles. The molecule has 1 N–H and O–H groups in total. The van der Waals surface area contributed by atoms with Crippen molar-refractivity contribution in [3.05, 3.63) is 23.9 Å². The lowest BCUT2D eigenvalue weighted by molar-refractivity contribution is 0.146. The molecule has 0 amide bonds. The lowest BCUT2D eigenvalue weighted by atomic mass is 9.96. The van der Waals surface area contributed by atoms with Gasteiger partial charge in [-0.05, 0) is 44.0 Å². The van der Waals surface area contributed by atoms with E-state index >= 15 is 0 Å². The molecule has 0 radical (unpaired) electrons. The van der Waals surface area contributed by atoms with E-state index in [-0.39, 0.29) is 0 Å². The highest BCUT2D eigenvalue weighted by Gasteiger charge is 2.23. The van der Waals surface area contributed by atoms with Crippen LogP contribution in [-0.4, -0.2) is 30.0 Å². The monoisotopic (exact) mass is 247 g/mol. The van der Waals surface area contributed by atoms with Gasteiger partial charge in [-0.15, -0.1) is 0 Å². The van der Waals surface area contributed by atoms with E-state index in [1.54, 1.807) is 0 Å². The van der Waals surface area contributed by atoms with Crippen molar-refractivity contribution in [2.24, 2.45) is 0 Å². The lowest BCUT2D eigenvalue weighted by Crippen LogP contribution is -2.34. The highest BCUT2D eigenvalue weighted by atomic mass is 15.2. The lowest BCUT2D eigenvalue weighted by Gasteiger charge is -2.35. The Morgan fingerprint density at radius 1 is 1.39 bits per heavy atom. The van der Waals surface area contributed by atoms with Crippen molar-refractivity contribution in [3.8, 4) is 0 Å². The summed E-state index contributed by atoms with van der Waals surface area (Å²) in [6.07, 6.45) is 8.60. The fourth-order valence-electron chi connectivity index (χ4n) is 2.75. The highest BCUT2D eigenvalue weighted by Crippen LogP contribution is 2.30. The molecule has 1 aromatic rings. The average molecular weight is 247 g/mol. The number of hydrogen-bond donors (Lipinski definition) is 1. The number of nitrogens with one attached hydrogen (secondary N) is 1. The van der Waals surface area contributed by atoms with Gasteiger partial charge in [0.25, 0.3) is 0 Å². The van der Waals surface area contributed by atoms with Gasteiger partial charge in [-0.3, -0.25) is 4.90 Å². The van der Waals surface area contributed by atoms with Crippen LogP contribution in [-0.2, 0) is 0 Å². The summed E-state index contributed by atoms with van der Waals surface area (Å²) >= 11 is 0. The third-order valence-electron chi connectivity index (χ3n) is 3.84. The molecule has 0 bridgehead atoms. The number of pyridine rings is 1. The van der Waals surface area contributed by atoms with Crippen molar-refractivity contribution >= 4 is 5.82 Å². The third-order valence-corrected chi connectivity index (χ3v) is 3.84. The van der Waals surface area contributed by atoms with Gasteiger partial charge in [-0.2, -0.15) is 0 Å². The normalized spacial score (nSPS) is 20.9. The maximum atomic E-state index is 4.45. The maximum absolute atomic E-state index is 4.45. The molecule has 2 rings (SSSR count). The topological polar surface area (TPSA) is 28.2 Å². The molecule has 100 valence electrons. The summed E-state index contributed by atoms with van der Waals surface area (Å²) < 4.78 is 0. The van der Waals surface area contributed by atoms with Gasteiger partial charge in [0, 0.05) is 19.3 Å². The Morgan fingerprint density at radius 2 is 2.28 bits per heavy atom. The SMILES string of the molecule is CCCCN1CCCC[C@H]1c1ccc(NC)nc1. The molecular formula is C15H25N3.